The Labute approximate surface area is 253 Å². The lowest BCUT2D eigenvalue weighted by molar-refractivity contribution is -0.118. The van der Waals surface area contributed by atoms with Gasteiger partial charge in [-0.2, -0.15) is 5.26 Å². The van der Waals surface area contributed by atoms with Crippen molar-refractivity contribution in [2.24, 2.45) is 11.1 Å². The number of ketones is 1. The Kier molecular flexibility index (Phi) is 8.38. The second kappa shape index (κ2) is 12.0. The highest BCUT2D eigenvalue weighted by molar-refractivity contribution is 8.01. The number of aromatic nitrogens is 2. The number of nitrogens with one attached hydrogen (secondary N) is 1. The van der Waals surface area contributed by atoms with Crippen LogP contribution in [0.5, 0.6) is 5.75 Å². The van der Waals surface area contributed by atoms with E-state index >= 15 is 0 Å². The summed E-state index contributed by atoms with van der Waals surface area (Å²) >= 11 is 2.52. The fourth-order valence-electron chi connectivity index (χ4n) is 5.38. The molecule has 1 aromatic heterocycles. The minimum absolute atomic E-state index is 0.00407. The van der Waals surface area contributed by atoms with Gasteiger partial charge in [-0.3, -0.25) is 14.5 Å². The fraction of sp³-hybridized carbons (Fsp3) is 0.323. The third kappa shape index (κ3) is 5.91. The molecule has 3 N–H and O–H groups in total. The number of aryl methyl sites for hydroxylation is 1. The van der Waals surface area contributed by atoms with Crippen molar-refractivity contribution in [1.29, 1.82) is 5.26 Å². The van der Waals surface area contributed by atoms with Gasteiger partial charge in [-0.05, 0) is 41.5 Å². The van der Waals surface area contributed by atoms with Gasteiger partial charge < -0.3 is 15.8 Å². The molecule has 216 valence electrons. The second-order valence-corrected chi connectivity index (χ2v) is 13.2. The summed E-state index contributed by atoms with van der Waals surface area (Å²) in [6, 6.07) is 17.5. The molecule has 1 aliphatic carbocycles. The number of amides is 1. The summed E-state index contributed by atoms with van der Waals surface area (Å²) in [5, 5.41) is 22.3. The van der Waals surface area contributed by atoms with E-state index in [0.717, 1.165) is 17.7 Å². The number of methoxy groups -OCH3 is 1. The predicted octanol–water partition coefficient (Wildman–Crippen LogP) is 5.78. The van der Waals surface area contributed by atoms with E-state index < -0.39 is 5.92 Å². The maximum absolute atomic E-state index is 13.7. The third-order valence-electron chi connectivity index (χ3n) is 7.37. The van der Waals surface area contributed by atoms with Crippen molar-refractivity contribution in [3.63, 3.8) is 0 Å². The summed E-state index contributed by atoms with van der Waals surface area (Å²) in [6.07, 6.45) is 1.85. The van der Waals surface area contributed by atoms with Gasteiger partial charge in [-0.1, -0.05) is 74.2 Å². The molecule has 0 radical (unpaired) electrons. The lowest BCUT2D eigenvalue weighted by Gasteiger charge is -2.42. The van der Waals surface area contributed by atoms with Crippen LogP contribution >= 0.6 is 23.1 Å². The van der Waals surface area contributed by atoms with Gasteiger partial charge >= 0.3 is 0 Å². The molecule has 3 aromatic rings. The standard InChI is InChI=1S/C31H32N6O3S2/c1-5-18-9-11-19(12-10-18)26-22(16-32)28(33)37(23-14-31(2,3)15-24(38)27(23)26)29-35-36-30(42-29)41-17-25(39)34-20-7-6-8-21(13-20)40-4/h6-13,26H,5,14-15,17,33H2,1-4H3,(H,34,39). The van der Waals surface area contributed by atoms with E-state index in [2.05, 4.69) is 42.4 Å². The van der Waals surface area contributed by atoms with Crippen LogP contribution in [0, 0.1) is 16.7 Å². The molecule has 2 heterocycles. The van der Waals surface area contributed by atoms with Crippen molar-refractivity contribution in [1.82, 2.24) is 10.2 Å². The summed E-state index contributed by atoms with van der Waals surface area (Å²) in [4.78, 5) is 28.0. The average molecular weight is 601 g/mol. The van der Waals surface area contributed by atoms with Crippen molar-refractivity contribution in [3.05, 3.63) is 82.3 Å². The van der Waals surface area contributed by atoms with Crippen LogP contribution in [0.15, 0.2) is 75.5 Å². The maximum Gasteiger partial charge on any atom is 0.234 e. The second-order valence-electron chi connectivity index (χ2n) is 11.0. The first-order chi connectivity index (χ1) is 20.1. The number of nitrogens with two attached hydrogens (primary N) is 1. The van der Waals surface area contributed by atoms with E-state index in [1.165, 1.54) is 28.7 Å². The fourth-order valence-corrected chi connectivity index (χ4v) is 7.06. The molecule has 1 amide bonds. The van der Waals surface area contributed by atoms with Gasteiger partial charge in [0.2, 0.25) is 11.0 Å². The predicted molar refractivity (Wildman–Crippen MR) is 165 cm³/mol. The first-order valence-electron chi connectivity index (χ1n) is 13.6. The van der Waals surface area contributed by atoms with Gasteiger partial charge in [-0.15, -0.1) is 10.2 Å². The molecule has 5 rings (SSSR count). The molecule has 2 aromatic carbocycles. The van der Waals surface area contributed by atoms with Gasteiger partial charge in [0.15, 0.2) is 10.1 Å². The van der Waals surface area contributed by atoms with Crippen molar-refractivity contribution in [2.45, 2.75) is 50.3 Å². The number of carbonyl (C=O) groups excluding carboxylic acids is 2. The average Bonchev–Trinajstić information content (AvgIpc) is 3.43. The van der Waals surface area contributed by atoms with Crippen LogP contribution in [0.25, 0.3) is 0 Å². The van der Waals surface area contributed by atoms with Crippen molar-refractivity contribution in [3.8, 4) is 11.8 Å². The Morgan fingerprint density at radius 2 is 2.00 bits per heavy atom. The normalized spacial score (nSPS) is 18.0. The summed E-state index contributed by atoms with van der Waals surface area (Å²) in [7, 11) is 1.57. The summed E-state index contributed by atoms with van der Waals surface area (Å²) < 4.78 is 5.78. The monoisotopic (exact) mass is 600 g/mol. The molecule has 1 aliphatic heterocycles. The zero-order chi connectivity index (χ0) is 30.0. The van der Waals surface area contributed by atoms with Gasteiger partial charge in [0.1, 0.15) is 11.6 Å². The van der Waals surface area contributed by atoms with Crippen molar-refractivity contribution < 1.29 is 14.3 Å². The molecular weight excluding hydrogens is 569 g/mol. The van der Waals surface area contributed by atoms with E-state index in [9.17, 15) is 14.9 Å². The zero-order valence-corrected chi connectivity index (χ0v) is 25.6. The Morgan fingerprint density at radius 3 is 2.69 bits per heavy atom. The first kappa shape index (κ1) is 29.4. The Morgan fingerprint density at radius 1 is 1.24 bits per heavy atom. The van der Waals surface area contributed by atoms with E-state index in [4.69, 9.17) is 10.5 Å². The molecule has 1 atom stereocenters. The Balaban J connectivity index is 1.44. The number of nitriles is 1. The number of anilines is 2. The number of hydrogen-bond donors (Lipinski definition) is 2. The molecular formula is C31H32N6O3S2. The van der Waals surface area contributed by atoms with Crippen LogP contribution in [0.2, 0.25) is 0 Å². The Bertz CT molecular complexity index is 1630. The number of benzene rings is 2. The van der Waals surface area contributed by atoms with E-state index in [0.29, 0.717) is 44.9 Å². The van der Waals surface area contributed by atoms with Crippen LogP contribution in [0.3, 0.4) is 0 Å². The lowest BCUT2D eigenvalue weighted by Crippen LogP contribution is -2.42. The highest BCUT2D eigenvalue weighted by atomic mass is 32.2. The minimum atomic E-state index is -0.544. The van der Waals surface area contributed by atoms with Gasteiger partial charge in [0.25, 0.3) is 0 Å². The number of rotatable bonds is 8. The molecule has 0 spiro atoms. The maximum atomic E-state index is 13.7. The lowest BCUT2D eigenvalue weighted by atomic mass is 9.68. The number of nitrogens with zero attached hydrogens (tertiary/aromatic N) is 4. The number of carbonyl (C=O) groups is 2. The molecule has 1 unspecified atom stereocenters. The number of thioether (sulfide) groups is 1. The quantitative estimate of drug-likeness (QED) is 0.309. The topological polar surface area (TPSA) is 134 Å². The first-order valence-corrected chi connectivity index (χ1v) is 15.4. The molecule has 0 bridgehead atoms. The van der Waals surface area contributed by atoms with Gasteiger partial charge in [-0.25, -0.2) is 0 Å². The van der Waals surface area contributed by atoms with Gasteiger partial charge in [0.05, 0.1) is 30.4 Å². The number of ether oxygens (including phenoxy) is 1. The van der Waals surface area contributed by atoms with Crippen LogP contribution in [0.1, 0.15) is 50.7 Å². The smallest absolute Gasteiger partial charge is 0.234 e. The summed E-state index contributed by atoms with van der Waals surface area (Å²) in [6.45, 7) is 6.20. The van der Waals surface area contributed by atoms with E-state index in [1.807, 2.05) is 24.3 Å². The molecule has 9 nitrogen and oxygen atoms in total. The number of Topliss-reactive ketones (excluding diaryl/α,β-unsaturated/α-hetero) is 1. The van der Waals surface area contributed by atoms with Crippen LogP contribution in [-0.4, -0.2) is 34.8 Å². The molecule has 0 fully saturated rings. The minimum Gasteiger partial charge on any atom is -0.497 e. The van der Waals surface area contributed by atoms with Crippen molar-refractivity contribution >= 4 is 45.6 Å². The van der Waals surface area contributed by atoms with Crippen LogP contribution in [0.4, 0.5) is 10.8 Å². The molecule has 0 saturated carbocycles. The largest absolute Gasteiger partial charge is 0.497 e. The van der Waals surface area contributed by atoms with Crippen molar-refractivity contribution in [2.75, 3.05) is 23.1 Å². The molecule has 42 heavy (non-hydrogen) atoms. The zero-order valence-electron chi connectivity index (χ0n) is 23.9. The third-order valence-corrected chi connectivity index (χ3v) is 9.41. The molecule has 0 saturated heterocycles. The number of allylic oxidation sites excluding steroid dienone is 3. The number of hydrogen-bond acceptors (Lipinski definition) is 10. The highest BCUT2D eigenvalue weighted by Gasteiger charge is 2.45. The van der Waals surface area contributed by atoms with E-state index in [-0.39, 0.29) is 28.7 Å². The highest BCUT2D eigenvalue weighted by Crippen LogP contribution is 2.50. The summed E-state index contributed by atoms with van der Waals surface area (Å²) in [5.74, 6) is 0.278. The van der Waals surface area contributed by atoms with Gasteiger partial charge in [0, 0.05) is 29.4 Å². The Hall–Kier alpha value is -4.14. The molecule has 2 aliphatic rings. The molecule has 11 heteroatoms. The van der Waals surface area contributed by atoms with Crippen LogP contribution < -0.4 is 20.7 Å². The summed E-state index contributed by atoms with van der Waals surface area (Å²) in [5.41, 5.74) is 10.8. The SMILES string of the molecule is CCc1ccc(C2C(C#N)=C(N)N(c3nnc(SCC(=O)Nc4cccc(OC)c4)s3)C3=C2C(=O)CC(C)(C)C3)cc1. The van der Waals surface area contributed by atoms with E-state index in [1.54, 1.807) is 36.3 Å². The van der Waals surface area contributed by atoms with Crippen LogP contribution in [-0.2, 0) is 16.0 Å².